The Bertz CT molecular complexity index is 569. The van der Waals surface area contributed by atoms with E-state index < -0.39 is 10.0 Å². The van der Waals surface area contributed by atoms with Crippen molar-refractivity contribution >= 4 is 38.9 Å². The van der Waals surface area contributed by atoms with Crippen molar-refractivity contribution in [3.8, 4) is 0 Å². The maximum Gasteiger partial charge on any atom is 0.234 e. The molecule has 1 unspecified atom stereocenters. The Morgan fingerprint density at radius 1 is 1.37 bits per heavy atom. The topological polar surface area (TPSA) is 58.2 Å². The summed E-state index contributed by atoms with van der Waals surface area (Å²) >= 11 is 12.0. The molecule has 0 radical (unpaired) electrons. The number of sulfonamides is 1. The van der Waals surface area contributed by atoms with Gasteiger partial charge in [-0.3, -0.25) is 4.72 Å². The van der Waals surface area contributed by atoms with Crippen LogP contribution in [0, 0.1) is 6.92 Å². The van der Waals surface area contributed by atoms with Gasteiger partial charge in [-0.25, -0.2) is 8.42 Å². The molecule has 1 aromatic rings. The summed E-state index contributed by atoms with van der Waals surface area (Å²) in [7, 11) is -3.43. The maximum atomic E-state index is 12.1. The van der Waals surface area contributed by atoms with Gasteiger partial charge in [-0.2, -0.15) is 0 Å². The van der Waals surface area contributed by atoms with Crippen LogP contribution in [0.1, 0.15) is 18.4 Å². The van der Waals surface area contributed by atoms with Gasteiger partial charge in [0.15, 0.2) is 0 Å². The lowest BCUT2D eigenvalue weighted by molar-refractivity contribution is 0.582. The van der Waals surface area contributed by atoms with Gasteiger partial charge < -0.3 is 5.32 Å². The molecular formula is C12H16Cl2N2O2S. The average molecular weight is 323 g/mol. The van der Waals surface area contributed by atoms with Gasteiger partial charge in [0.2, 0.25) is 10.0 Å². The Labute approximate surface area is 123 Å². The SMILES string of the molecule is Cc1cc(Cl)c(NS(=O)(=O)CC2CCCN2)cc1Cl. The second-order valence-corrected chi connectivity index (χ2v) is 7.34. The molecule has 1 aliphatic rings. The molecule has 19 heavy (non-hydrogen) atoms. The molecule has 1 aromatic carbocycles. The lowest BCUT2D eigenvalue weighted by Crippen LogP contribution is -2.32. The molecule has 0 saturated carbocycles. The van der Waals surface area contributed by atoms with Crippen molar-refractivity contribution in [3.63, 3.8) is 0 Å². The fourth-order valence-electron chi connectivity index (χ4n) is 2.10. The van der Waals surface area contributed by atoms with E-state index in [-0.39, 0.29) is 11.8 Å². The number of hydrogen-bond acceptors (Lipinski definition) is 3. The number of benzene rings is 1. The van der Waals surface area contributed by atoms with Crippen molar-refractivity contribution in [2.75, 3.05) is 17.0 Å². The van der Waals surface area contributed by atoms with Crippen molar-refractivity contribution in [2.45, 2.75) is 25.8 Å². The maximum absolute atomic E-state index is 12.1. The minimum atomic E-state index is -3.43. The number of hydrogen-bond donors (Lipinski definition) is 2. The molecule has 1 atom stereocenters. The number of aryl methyl sites for hydroxylation is 1. The van der Waals surface area contributed by atoms with Crippen LogP contribution in [0.15, 0.2) is 12.1 Å². The summed E-state index contributed by atoms with van der Waals surface area (Å²) in [5, 5.41) is 3.99. The van der Waals surface area contributed by atoms with Crippen LogP contribution in [0.4, 0.5) is 5.69 Å². The van der Waals surface area contributed by atoms with Gasteiger partial charge in [0, 0.05) is 11.1 Å². The highest BCUT2D eigenvalue weighted by atomic mass is 35.5. The molecule has 0 amide bonds. The van der Waals surface area contributed by atoms with Crippen LogP contribution in [0.5, 0.6) is 0 Å². The van der Waals surface area contributed by atoms with Gasteiger partial charge in [0.05, 0.1) is 16.5 Å². The van der Waals surface area contributed by atoms with Gasteiger partial charge >= 0.3 is 0 Å². The van der Waals surface area contributed by atoms with E-state index >= 15 is 0 Å². The summed E-state index contributed by atoms with van der Waals surface area (Å²) in [6.07, 6.45) is 1.89. The Balaban J connectivity index is 2.13. The molecular weight excluding hydrogens is 307 g/mol. The molecule has 2 N–H and O–H groups in total. The summed E-state index contributed by atoms with van der Waals surface area (Å²) in [6, 6.07) is 3.20. The highest BCUT2D eigenvalue weighted by Crippen LogP contribution is 2.29. The van der Waals surface area contributed by atoms with Crippen molar-refractivity contribution in [1.29, 1.82) is 0 Å². The van der Waals surface area contributed by atoms with Gasteiger partial charge in [-0.1, -0.05) is 23.2 Å². The molecule has 1 heterocycles. The number of halogens is 2. The van der Waals surface area contributed by atoms with E-state index in [4.69, 9.17) is 23.2 Å². The van der Waals surface area contributed by atoms with Gasteiger partial charge in [-0.15, -0.1) is 0 Å². The van der Waals surface area contributed by atoms with Crippen molar-refractivity contribution in [2.24, 2.45) is 0 Å². The van der Waals surface area contributed by atoms with Crippen LogP contribution in [0.25, 0.3) is 0 Å². The normalized spacial score (nSPS) is 19.6. The zero-order chi connectivity index (χ0) is 14.0. The number of anilines is 1. The lowest BCUT2D eigenvalue weighted by Gasteiger charge is -2.14. The van der Waals surface area contributed by atoms with E-state index in [1.54, 1.807) is 12.1 Å². The third-order valence-electron chi connectivity index (χ3n) is 3.10. The standard InChI is InChI=1S/C12H16Cl2N2O2S/c1-8-5-11(14)12(6-10(8)13)16-19(17,18)7-9-3-2-4-15-9/h5-6,9,15-16H,2-4,7H2,1H3. The monoisotopic (exact) mass is 322 g/mol. The molecule has 2 rings (SSSR count). The van der Waals surface area contributed by atoms with E-state index in [2.05, 4.69) is 10.0 Å². The summed E-state index contributed by atoms with van der Waals surface area (Å²) in [5.41, 5.74) is 1.14. The molecule has 1 saturated heterocycles. The highest BCUT2D eigenvalue weighted by molar-refractivity contribution is 7.92. The molecule has 1 fully saturated rings. The fraction of sp³-hybridized carbons (Fsp3) is 0.500. The predicted octanol–water partition coefficient (Wildman–Crippen LogP) is 2.80. The highest BCUT2D eigenvalue weighted by Gasteiger charge is 2.22. The van der Waals surface area contributed by atoms with Crippen LogP contribution in [-0.2, 0) is 10.0 Å². The smallest absolute Gasteiger partial charge is 0.234 e. The summed E-state index contributed by atoms with van der Waals surface area (Å²) in [5.74, 6) is 0.0504. The molecule has 106 valence electrons. The summed E-state index contributed by atoms with van der Waals surface area (Å²) < 4.78 is 26.6. The first kappa shape index (κ1) is 14.9. The largest absolute Gasteiger partial charge is 0.313 e. The van der Waals surface area contributed by atoms with E-state index in [1.165, 1.54) is 0 Å². The van der Waals surface area contributed by atoms with E-state index in [0.29, 0.717) is 15.7 Å². The van der Waals surface area contributed by atoms with Gasteiger partial charge in [0.1, 0.15) is 0 Å². The zero-order valence-electron chi connectivity index (χ0n) is 10.5. The summed E-state index contributed by atoms with van der Waals surface area (Å²) in [4.78, 5) is 0. The first-order chi connectivity index (χ1) is 8.87. The van der Waals surface area contributed by atoms with Crippen LogP contribution in [-0.4, -0.2) is 26.8 Å². The molecule has 1 aliphatic heterocycles. The second kappa shape index (κ2) is 5.87. The van der Waals surface area contributed by atoms with E-state index in [1.807, 2.05) is 6.92 Å². The molecule has 0 aromatic heterocycles. The van der Waals surface area contributed by atoms with Crippen molar-refractivity contribution in [1.82, 2.24) is 5.32 Å². The molecule has 0 spiro atoms. The predicted molar refractivity (Wildman–Crippen MR) is 79.6 cm³/mol. The minimum Gasteiger partial charge on any atom is -0.313 e. The summed E-state index contributed by atoms with van der Waals surface area (Å²) in [6.45, 7) is 2.69. The zero-order valence-corrected chi connectivity index (χ0v) is 12.9. The molecule has 7 heteroatoms. The molecule has 4 nitrogen and oxygen atoms in total. The number of rotatable bonds is 4. The third-order valence-corrected chi connectivity index (χ3v) is 5.19. The third kappa shape index (κ3) is 3.99. The first-order valence-corrected chi connectivity index (χ1v) is 8.48. The lowest BCUT2D eigenvalue weighted by atomic mass is 10.2. The second-order valence-electron chi connectivity index (χ2n) is 4.76. The Hall–Kier alpha value is -0.490. The molecule has 0 bridgehead atoms. The Morgan fingerprint density at radius 2 is 2.11 bits per heavy atom. The minimum absolute atomic E-state index is 0.0113. The first-order valence-electron chi connectivity index (χ1n) is 6.07. The van der Waals surface area contributed by atoms with Crippen LogP contribution >= 0.6 is 23.2 Å². The van der Waals surface area contributed by atoms with Crippen LogP contribution in [0.2, 0.25) is 10.0 Å². The average Bonchev–Trinajstić information content (AvgIpc) is 2.77. The van der Waals surface area contributed by atoms with E-state index in [9.17, 15) is 8.42 Å². The van der Waals surface area contributed by atoms with Crippen molar-refractivity contribution < 1.29 is 8.42 Å². The fourth-order valence-corrected chi connectivity index (χ4v) is 3.98. The van der Waals surface area contributed by atoms with Gasteiger partial charge in [0.25, 0.3) is 0 Å². The Morgan fingerprint density at radius 3 is 2.74 bits per heavy atom. The van der Waals surface area contributed by atoms with Crippen molar-refractivity contribution in [3.05, 3.63) is 27.7 Å². The molecule has 0 aliphatic carbocycles. The number of nitrogens with one attached hydrogen (secondary N) is 2. The van der Waals surface area contributed by atoms with Crippen LogP contribution < -0.4 is 10.0 Å². The van der Waals surface area contributed by atoms with Crippen LogP contribution in [0.3, 0.4) is 0 Å². The van der Waals surface area contributed by atoms with E-state index in [0.717, 1.165) is 24.9 Å². The quantitative estimate of drug-likeness (QED) is 0.896. The van der Waals surface area contributed by atoms with Gasteiger partial charge in [-0.05, 0) is 44.0 Å². The Kier molecular flexibility index (Phi) is 4.61.